The molecule has 1 aromatic rings. The predicted octanol–water partition coefficient (Wildman–Crippen LogP) is 1.34. The van der Waals surface area contributed by atoms with E-state index in [4.69, 9.17) is 5.73 Å². The number of halogens is 1. The van der Waals surface area contributed by atoms with Gasteiger partial charge in [-0.3, -0.25) is 4.68 Å². The second kappa shape index (κ2) is 6.37. The van der Waals surface area contributed by atoms with Crippen molar-refractivity contribution in [3.8, 4) is 0 Å². The van der Waals surface area contributed by atoms with Crippen molar-refractivity contribution in [1.29, 1.82) is 0 Å². The summed E-state index contributed by atoms with van der Waals surface area (Å²) in [4.78, 5) is 0. The minimum atomic E-state index is 0.114. The molecule has 1 rings (SSSR count). The molecule has 3 N–H and O–H groups in total. The molecule has 5 heteroatoms. The molecular weight excluding hydrogens is 270 g/mol. The maximum absolute atomic E-state index is 9.18. The van der Waals surface area contributed by atoms with Gasteiger partial charge in [0.25, 0.3) is 0 Å². The van der Waals surface area contributed by atoms with Crippen molar-refractivity contribution in [2.45, 2.75) is 33.2 Å². The van der Waals surface area contributed by atoms with Gasteiger partial charge >= 0.3 is 0 Å². The van der Waals surface area contributed by atoms with Gasteiger partial charge < -0.3 is 10.8 Å². The van der Waals surface area contributed by atoms with Crippen LogP contribution in [0, 0.1) is 5.92 Å². The number of rotatable bonds is 6. The van der Waals surface area contributed by atoms with E-state index in [2.05, 4.69) is 34.9 Å². The third-order valence-corrected chi connectivity index (χ3v) is 3.68. The molecule has 0 saturated heterocycles. The fraction of sp³-hybridized carbons (Fsp3) is 0.727. The van der Waals surface area contributed by atoms with E-state index in [0.29, 0.717) is 6.54 Å². The molecule has 0 bridgehead atoms. The van der Waals surface area contributed by atoms with Gasteiger partial charge in [-0.15, -0.1) is 0 Å². The highest BCUT2D eigenvalue weighted by atomic mass is 79.9. The Hall–Kier alpha value is -0.390. The van der Waals surface area contributed by atoms with Gasteiger partial charge in [-0.2, -0.15) is 5.10 Å². The van der Waals surface area contributed by atoms with Crippen molar-refractivity contribution in [1.82, 2.24) is 9.78 Å². The van der Waals surface area contributed by atoms with E-state index in [1.165, 1.54) is 0 Å². The largest absolute Gasteiger partial charge is 0.396 e. The van der Waals surface area contributed by atoms with E-state index in [1.54, 1.807) is 0 Å². The monoisotopic (exact) mass is 289 g/mol. The van der Waals surface area contributed by atoms with Crippen LogP contribution >= 0.6 is 15.9 Å². The van der Waals surface area contributed by atoms with Crippen LogP contribution in [-0.2, 0) is 19.4 Å². The first-order chi connectivity index (χ1) is 7.67. The summed E-state index contributed by atoms with van der Waals surface area (Å²) in [5, 5.41) is 13.7. The van der Waals surface area contributed by atoms with E-state index in [0.717, 1.165) is 35.2 Å². The minimum absolute atomic E-state index is 0.114. The molecule has 16 heavy (non-hydrogen) atoms. The third-order valence-electron chi connectivity index (χ3n) is 2.77. The zero-order chi connectivity index (χ0) is 12.1. The van der Waals surface area contributed by atoms with Crippen LogP contribution < -0.4 is 5.73 Å². The van der Waals surface area contributed by atoms with Crippen molar-refractivity contribution >= 4 is 15.9 Å². The average Bonchev–Trinajstić information content (AvgIpc) is 2.62. The van der Waals surface area contributed by atoms with E-state index >= 15 is 0 Å². The Kier molecular flexibility index (Phi) is 5.44. The Balaban J connectivity index is 2.96. The first kappa shape index (κ1) is 13.7. The summed E-state index contributed by atoms with van der Waals surface area (Å²) in [6, 6.07) is 0. The van der Waals surface area contributed by atoms with Crippen LogP contribution in [0.2, 0.25) is 0 Å². The maximum Gasteiger partial charge on any atom is 0.0766 e. The number of hydrogen-bond acceptors (Lipinski definition) is 3. The normalized spacial score (nSPS) is 13.1. The lowest BCUT2D eigenvalue weighted by atomic mass is 10.0. The molecule has 1 unspecified atom stereocenters. The fourth-order valence-electron chi connectivity index (χ4n) is 1.71. The number of aryl methyl sites for hydroxylation is 2. The van der Waals surface area contributed by atoms with Gasteiger partial charge in [0, 0.05) is 13.2 Å². The van der Waals surface area contributed by atoms with Gasteiger partial charge in [0.1, 0.15) is 0 Å². The number of nitrogens with zero attached hydrogens (tertiary/aromatic N) is 2. The number of nitrogens with two attached hydrogens (primary N) is 1. The highest BCUT2D eigenvalue weighted by Gasteiger charge is 2.17. The molecule has 0 aliphatic carbocycles. The summed E-state index contributed by atoms with van der Waals surface area (Å²) in [5.41, 5.74) is 7.82. The van der Waals surface area contributed by atoms with Gasteiger partial charge in [-0.25, -0.2) is 0 Å². The summed E-state index contributed by atoms with van der Waals surface area (Å²) in [6.07, 6.45) is 1.68. The molecular formula is C11H20BrN3O. The highest BCUT2D eigenvalue weighted by Crippen LogP contribution is 2.24. The quantitative estimate of drug-likeness (QED) is 0.831. The molecule has 0 spiro atoms. The Morgan fingerprint density at radius 1 is 1.50 bits per heavy atom. The molecule has 0 aliphatic rings. The van der Waals surface area contributed by atoms with Gasteiger partial charge in [-0.1, -0.05) is 6.92 Å². The molecule has 0 aliphatic heterocycles. The fourth-order valence-corrected chi connectivity index (χ4v) is 2.43. The molecule has 1 atom stereocenters. The Morgan fingerprint density at radius 3 is 2.62 bits per heavy atom. The molecule has 1 heterocycles. The van der Waals surface area contributed by atoms with Crippen LogP contribution in [0.3, 0.4) is 0 Å². The molecule has 0 amide bonds. The van der Waals surface area contributed by atoms with E-state index in [1.807, 2.05) is 4.68 Å². The first-order valence-electron chi connectivity index (χ1n) is 5.72. The molecule has 92 valence electrons. The average molecular weight is 290 g/mol. The third kappa shape index (κ3) is 2.84. The number of hydrogen-bond donors (Lipinski definition) is 2. The standard InChI is InChI=1S/C11H20BrN3O/c1-3-9-11(12)10(15(4-2)14-9)5-8(6-13)7-16/h8,16H,3-7,13H2,1-2H3. The lowest BCUT2D eigenvalue weighted by molar-refractivity contribution is 0.227. The van der Waals surface area contributed by atoms with Crippen LogP contribution in [0.1, 0.15) is 25.2 Å². The summed E-state index contributed by atoms with van der Waals surface area (Å²) in [6.45, 7) is 5.62. The topological polar surface area (TPSA) is 64.1 Å². The maximum atomic E-state index is 9.18. The van der Waals surface area contributed by atoms with E-state index < -0.39 is 0 Å². The van der Waals surface area contributed by atoms with Crippen molar-refractivity contribution in [2.75, 3.05) is 13.2 Å². The smallest absolute Gasteiger partial charge is 0.0766 e. The Morgan fingerprint density at radius 2 is 2.19 bits per heavy atom. The molecule has 0 aromatic carbocycles. The second-order valence-corrected chi connectivity index (χ2v) is 4.66. The van der Waals surface area contributed by atoms with Gasteiger partial charge in [0.2, 0.25) is 0 Å². The van der Waals surface area contributed by atoms with Gasteiger partial charge in [0.05, 0.1) is 15.9 Å². The van der Waals surface area contributed by atoms with Crippen LogP contribution in [0.4, 0.5) is 0 Å². The van der Waals surface area contributed by atoms with Crippen LogP contribution in [0.25, 0.3) is 0 Å². The summed E-state index contributed by atoms with van der Waals surface area (Å²) >= 11 is 3.58. The SMILES string of the molecule is CCc1nn(CC)c(CC(CN)CO)c1Br. The van der Waals surface area contributed by atoms with Crippen molar-refractivity contribution in [3.63, 3.8) is 0 Å². The van der Waals surface area contributed by atoms with Crippen LogP contribution in [0.15, 0.2) is 4.47 Å². The van der Waals surface area contributed by atoms with Crippen LogP contribution in [-0.4, -0.2) is 28.0 Å². The molecule has 4 nitrogen and oxygen atoms in total. The van der Waals surface area contributed by atoms with E-state index in [9.17, 15) is 5.11 Å². The Labute approximate surface area is 105 Å². The van der Waals surface area contributed by atoms with Crippen molar-refractivity contribution < 1.29 is 5.11 Å². The summed E-state index contributed by atoms with van der Waals surface area (Å²) < 4.78 is 3.06. The lowest BCUT2D eigenvalue weighted by Crippen LogP contribution is -2.22. The lowest BCUT2D eigenvalue weighted by Gasteiger charge is -2.12. The zero-order valence-corrected chi connectivity index (χ0v) is 11.5. The van der Waals surface area contributed by atoms with Crippen molar-refractivity contribution in [2.24, 2.45) is 11.7 Å². The summed E-state index contributed by atoms with van der Waals surface area (Å²) in [7, 11) is 0. The second-order valence-electron chi connectivity index (χ2n) is 3.87. The minimum Gasteiger partial charge on any atom is -0.396 e. The zero-order valence-electron chi connectivity index (χ0n) is 9.91. The first-order valence-corrected chi connectivity index (χ1v) is 6.52. The van der Waals surface area contributed by atoms with Crippen molar-refractivity contribution in [3.05, 3.63) is 15.9 Å². The Bertz CT molecular complexity index is 334. The number of aliphatic hydroxyl groups excluding tert-OH is 1. The van der Waals surface area contributed by atoms with Gasteiger partial charge in [-0.05, 0) is 48.2 Å². The van der Waals surface area contributed by atoms with E-state index in [-0.39, 0.29) is 12.5 Å². The van der Waals surface area contributed by atoms with Gasteiger partial charge in [0.15, 0.2) is 0 Å². The molecule has 0 radical (unpaired) electrons. The predicted molar refractivity (Wildman–Crippen MR) is 68.3 cm³/mol. The number of aromatic nitrogens is 2. The van der Waals surface area contributed by atoms with Crippen LogP contribution in [0.5, 0.6) is 0 Å². The molecule has 0 saturated carbocycles. The molecule has 0 fully saturated rings. The summed E-state index contributed by atoms with van der Waals surface area (Å²) in [5.74, 6) is 0.114. The highest BCUT2D eigenvalue weighted by molar-refractivity contribution is 9.10. The molecule has 1 aromatic heterocycles. The number of aliphatic hydroxyl groups is 1.